The Morgan fingerprint density at radius 3 is 2.33 bits per heavy atom. The van der Waals surface area contributed by atoms with Crippen LogP contribution in [-0.2, 0) is 33.2 Å². The lowest BCUT2D eigenvalue weighted by Crippen LogP contribution is -2.36. The Labute approximate surface area is 344 Å². The fourth-order valence-corrected chi connectivity index (χ4v) is 8.93. The molecule has 0 aromatic rings. The first-order valence-electron chi connectivity index (χ1n) is 20.3. The Morgan fingerprint density at radius 2 is 1.65 bits per heavy atom. The van der Waals surface area contributed by atoms with Crippen molar-refractivity contribution >= 4 is 69.7 Å². The van der Waals surface area contributed by atoms with Crippen molar-refractivity contribution in [1.82, 2.24) is 20.4 Å². The smallest absolute Gasteiger partial charge is 0.265 e. The van der Waals surface area contributed by atoms with Crippen LogP contribution in [0.1, 0.15) is 104 Å². The fourth-order valence-electron chi connectivity index (χ4n) is 5.48. The number of carbonyl (C=O) groups excluding carboxylic acids is 5. The van der Waals surface area contributed by atoms with Crippen LogP contribution in [0.25, 0.3) is 0 Å². The van der Waals surface area contributed by atoms with E-state index in [0.29, 0.717) is 70.3 Å². The quantitative estimate of drug-likeness (QED) is 0.0282. The van der Waals surface area contributed by atoms with Gasteiger partial charge in [-0.2, -0.15) is 0 Å². The van der Waals surface area contributed by atoms with Crippen molar-refractivity contribution in [3.63, 3.8) is 0 Å². The molecule has 0 saturated carbocycles. The molecule has 0 aromatic heterocycles. The molecule has 1 heterocycles. The molecule has 0 aromatic carbocycles. The average Bonchev–Trinajstić information content (AvgIpc) is 3.42. The van der Waals surface area contributed by atoms with Gasteiger partial charge in [0, 0.05) is 77.2 Å². The normalized spacial score (nSPS) is 14.9. The number of carbonyl (C=O) groups is 5. The van der Waals surface area contributed by atoms with Crippen LogP contribution < -0.4 is 10.6 Å². The van der Waals surface area contributed by atoms with Gasteiger partial charge in [0.2, 0.25) is 23.6 Å². The summed E-state index contributed by atoms with van der Waals surface area (Å²) in [6.07, 6.45) is 13.2. The molecule has 0 radical (unpaired) electrons. The van der Waals surface area contributed by atoms with Gasteiger partial charge < -0.3 is 25.1 Å². The molecule has 12 nitrogen and oxygen atoms in total. The van der Waals surface area contributed by atoms with Crippen molar-refractivity contribution in [2.24, 2.45) is 0 Å². The standard InChI is InChI=1S/C37H68N4O8P2S2.C2H6/c1-31(38-20-26-49-51(4,5)47)17-28-53-33-30-35(44)41(37(33)46)22-12-9-14-25-48-24-13-8-11-21-40(2)36(45)32(16-23-42)52-29-18-34(43)39-19-10-6-7-15-27-50-3;1-2/h23,32-33,38,47,50H,1,6-22,24-30H2,2-5H3;1-2H3/p+1. The number of nitrogens with one attached hydrogen (secondary N) is 2. The molecule has 1 fully saturated rings. The summed E-state index contributed by atoms with van der Waals surface area (Å²) in [7, 11) is 0.534. The minimum absolute atomic E-state index is 0.00348. The van der Waals surface area contributed by atoms with Crippen molar-refractivity contribution in [2.75, 3.05) is 90.7 Å². The number of imide groups is 1. The van der Waals surface area contributed by atoms with E-state index in [-0.39, 0.29) is 41.7 Å². The molecular weight excluding hydrogens is 779 g/mol. The Hall–Kier alpha value is -1.27. The number of rotatable bonds is 35. The molecule has 55 heavy (non-hydrogen) atoms. The lowest BCUT2D eigenvalue weighted by atomic mass is 10.2. The largest absolute Gasteiger partial charge is 0.386 e. The number of aldehydes is 1. The number of hydrogen-bond donors (Lipinski definition) is 3. The molecule has 1 aliphatic heterocycles. The summed E-state index contributed by atoms with van der Waals surface area (Å²) >= 11 is 2.88. The van der Waals surface area contributed by atoms with Crippen molar-refractivity contribution in [3.05, 3.63) is 12.3 Å². The molecule has 0 spiro atoms. The number of nitrogens with zero attached hydrogens (tertiary/aromatic N) is 2. The van der Waals surface area contributed by atoms with Crippen LogP contribution in [0.3, 0.4) is 0 Å². The van der Waals surface area contributed by atoms with Gasteiger partial charge >= 0.3 is 0 Å². The van der Waals surface area contributed by atoms with Gasteiger partial charge in [-0.1, -0.05) is 33.3 Å². The van der Waals surface area contributed by atoms with Crippen molar-refractivity contribution in [3.8, 4) is 0 Å². The molecule has 1 rings (SSSR count). The van der Waals surface area contributed by atoms with E-state index in [9.17, 15) is 28.9 Å². The predicted octanol–water partition coefficient (Wildman–Crippen LogP) is 6.36. The number of thioether (sulfide) groups is 2. The van der Waals surface area contributed by atoms with Gasteiger partial charge in [0.15, 0.2) is 0 Å². The van der Waals surface area contributed by atoms with Crippen LogP contribution in [0.5, 0.6) is 0 Å². The first kappa shape index (κ1) is 53.7. The summed E-state index contributed by atoms with van der Waals surface area (Å²) in [6, 6.07) is 0. The van der Waals surface area contributed by atoms with E-state index >= 15 is 0 Å². The molecule has 0 bridgehead atoms. The average molecular weight is 854 g/mol. The minimum Gasteiger partial charge on any atom is -0.386 e. The van der Waals surface area contributed by atoms with Crippen LogP contribution in [0.2, 0.25) is 0 Å². The number of unbranched alkanes of at least 4 members (excludes halogenated alkanes) is 7. The van der Waals surface area contributed by atoms with E-state index in [4.69, 9.17) is 9.26 Å². The highest BCUT2D eigenvalue weighted by molar-refractivity contribution is 8.00. The van der Waals surface area contributed by atoms with Crippen LogP contribution >= 0.6 is 39.8 Å². The molecule has 16 heteroatoms. The summed E-state index contributed by atoms with van der Waals surface area (Å²) in [5.74, 6) is 0.931. The Balaban J connectivity index is 0.0000143. The van der Waals surface area contributed by atoms with Crippen LogP contribution in [0.15, 0.2) is 12.3 Å². The van der Waals surface area contributed by atoms with Gasteiger partial charge in [-0.15, -0.1) is 32.1 Å². The molecule has 1 saturated heterocycles. The fraction of sp³-hybridized carbons (Fsp3) is 0.821. The first-order chi connectivity index (χ1) is 26.4. The van der Waals surface area contributed by atoms with Crippen LogP contribution in [0, 0.1) is 0 Å². The van der Waals surface area contributed by atoms with Gasteiger partial charge in [0.25, 0.3) is 7.72 Å². The van der Waals surface area contributed by atoms with E-state index in [0.717, 1.165) is 71.9 Å². The maximum atomic E-state index is 12.9. The third-order valence-electron chi connectivity index (χ3n) is 8.55. The highest BCUT2D eigenvalue weighted by Crippen LogP contribution is 2.46. The summed E-state index contributed by atoms with van der Waals surface area (Å²) in [5.41, 5.74) is 0.842. The van der Waals surface area contributed by atoms with Gasteiger partial charge in [0.1, 0.15) is 26.2 Å². The Morgan fingerprint density at radius 1 is 0.982 bits per heavy atom. The summed E-state index contributed by atoms with van der Waals surface area (Å²) in [5, 5.41) is 5.34. The zero-order valence-corrected chi connectivity index (χ0v) is 38.4. The molecule has 320 valence electrons. The molecule has 3 unspecified atom stereocenters. The molecule has 3 N–H and O–H groups in total. The van der Waals surface area contributed by atoms with E-state index in [1.54, 1.807) is 25.3 Å². The van der Waals surface area contributed by atoms with E-state index in [1.165, 1.54) is 47.4 Å². The summed E-state index contributed by atoms with van der Waals surface area (Å²) in [6.45, 7) is 17.6. The lowest BCUT2D eigenvalue weighted by molar-refractivity contribution is -0.138. The zero-order valence-electron chi connectivity index (χ0n) is 34.9. The monoisotopic (exact) mass is 853 g/mol. The van der Waals surface area contributed by atoms with E-state index in [1.807, 2.05) is 13.8 Å². The predicted molar refractivity (Wildman–Crippen MR) is 236 cm³/mol. The van der Waals surface area contributed by atoms with Gasteiger partial charge in [-0.25, -0.2) is 9.42 Å². The highest BCUT2D eigenvalue weighted by atomic mass is 32.2. The number of likely N-dealkylation sites (tertiary alicyclic amines) is 1. The number of allylic oxidation sites excluding steroid dienone is 1. The highest BCUT2D eigenvalue weighted by Gasteiger charge is 2.38. The lowest BCUT2D eigenvalue weighted by Gasteiger charge is -2.22. The van der Waals surface area contributed by atoms with Crippen LogP contribution in [-0.4, -0.2) is 146 Å². The maximum Gasteiger partial charge on any atom is 0.265 e. The van der Waals surface area contributed by atoms with Crippen LogP contribution in [0.4, 0.5) is 0 Å². The zero-order chi connectivity index (χ0) is 41.3. The second kappa shape index (κ2) is 34.7. The molecule has 3 atom stereocenters. The van der Waals surface area contributed by atoms with Crippen molar-refractivity contribution < 1.29 is 38.1 Å². The number of amides is 4. The Bertz CT molecular complexity index is 1090. The summed E-state index contributed by atoms with van der Waals surface area (Å²) < 4.78 is 11.1. The van der Waals surface area contributed by atoms with Gasteiger partial charge in [-0.3, -0.25) is 24.1 Å². The molecular formula is C39H75N4O8P2S2+. The summed E-state index contributed by atoms with van der Waals surface area (Å²) in [4.78, 5) is 74.4. The topological polar surface area (TPSA) is 155 Å². The number of hydrogen-bond acceptors (Lipinski definition) is 11. The van der Waals surface area contributed by atoms with E-state index < -0.39 is 13.0 Å². The van der Waals surface area contributed by atoms with E-state index in [2.05, 4.69) is 23.9 Å². The third-order valence-corrected chi connectivity index (χ3v) is 12.7. The van der Waals surface area contributed by atoms with Gasteiger partial charge in [0.05, 0.1) is 10.5 Å². The van der Waals surface area contributed by atoms with Crippen molar-refractivity contribution in [1.29, 1.82) is 0 Å². The second-order valence-electron chi connectivity index (χ2n) is 13.7. The second-order valence-corrected chi connectivity index (χ2v) is 20.4. The first-order valence-corrected chi connectivity index (χ1v) is 26.6. The minimum atomic E-state index is -2.25. The molecule has 0 aliphatic carbocycles. The van der Waals surface area contributed by atoms with Gasteiger partial charge in [-0.05, 0) is 76.4 Å². The SMILES string of the molecule is C=C(CCSC1CC(=O)N(CCCCCOCCCCCN(C)C(=O)C(CC=O)SCCC(=O)NCCCCCCPC)C1=O)NCCO[P+](C)(C)O.CC. The Kier molecular flexibility index (Phi) is 33.9. The molecule has 4 amide bonds. The maximum absolute atomic E-state index is 12.9. The molecule has 1 aliphatic rings. The number of ether oxygens (including phenoxy) is 1. The van der Waals surface area contributed by atoms with Crippen molar-refractivity contribution in [2.45, 2.75) is 114 Å². The third kappa shape index (κ3) is 28.7.